The highest BCUT2D eigenvalue weighted by Gasteiger charge is 2.63. The Morgan fingerprint density at radius 3 is 2.39 bits per heavy atom. The highest BCUT2D eigenvalue weighted by Crippen LogP contribution is 2.67. The number of carbonyl (C=O) groups is 2. The molecule has 0 N–H and O–H groups in total. The Morgan fingerprint density at radius 2 is 1.73 bits per heavy atom. The van der Waals surface area contributed by atoms with Gasteiger partial charge in [0.25, 0.3) is 0 Å². The van der Waals surface area contributed by atoms with Gasteiger partial charge in [-0.15, -0.1) is 0 Å². The molecule has 5 heteroatoms. The SMILES string of the molecule is COC(=O)CCC(C)C1CCC2C3C(=O)CC4CC(O[Si](C)(C)C)CCC4(C)C3CCC12C. The van der Waals surface area contributed by atoms with Crippen molar-refractivity contribution in [1.29, 1.82) is 0 Å². The summed E-state index contributed by atoms with van der Waals surface area (Å²) < 4.78 is 11.4. The number of ether oxygens (including phenoxy) is 1. The predicted molar refractivity (Wildman–Crippen MR) is 134 cm³/mol. The van der Waals surface area contributed by atoms with Crippen molar-refractivity contribution in [3.8, 4) is 0 Å². The summed E-state index contributed by atoms with van der Waals surface area (Å²) in [4.78, 5) is 25.5. The van der Waals surface area contributed by atoms with Crippen molar-refractivity contribution in [3.05, 3.63) is 0 Å². The fraction of sp³-hybridized carbons (Fsp3) is 0.929. The molecule has 0 saturated heterocycles. The number of rotatable bonds is 6. The third-order valence-corrected chi connectivity index (χ3v) is 11.8. The molecule has 0 radical (unpaired) electrons. The zero-order valence-corrected chi connectivity index (χ0v) is 23.2. The van der Waals surface area contributed by atoms with Crippen molar-refractivity contribution in [3.63, 3.8) is 0 Å². The zero-order valence-electron chi connectivity index (χ0n) is 22.2. The van der Waals surface area contributed by atoms with E-state index in [4.69, 9.17) is 9.16 Å². The number of Topliss-reactive ketones (excluding diaryl/α,β-unsaturated/α-hetero) is 1. The van der Waals surface area contributed by atoms with E-state index in [9.17, 15) is 9.59 Å². The van der Waals surface area contributed by atoms with Crippen LogP contribution in [0.3, 0.4) is 0 Å². The van der Waals surface area contributed by atoms with E-state index >= 15 is 0 Å². The molecule has 33 heavy (non-hydrogen) atoms. The van der Waals surface area contributed by atoms with Gasteiger partial charge in [-0.05, 0) is 111 Å². The molecule has 4 rings (SSSR count). The minimum atomic E-state index is -1.55. The van der Waals surface area contributed by atoms with Crippen LogP contribution in [0.2, 0.25) is 19.6 Å². The first-order valence-electron chi connectivity index (χ1n) is 13.7. The first kappa shape index (κ1) is 25.4. The van der Waals surface area contributed by atoms with E-state index in [1.54, 1.807) is 0 Å². The Hall–Kier alpha value is -0.683. The molecular formula is C28H48O4Si. The normalized spacial score (nSPS) is 43.9. The minimum Gasteiger partial charge on any atom is -0.469 e. The first-order valence-corrected chi connectivity index (χ1v) is 17.1. The quantitative estimate of drug-likeness (QED) is 0.319. The number of carbonyl (C=O) groups excluding carboxylic acids is 2. The van der Waals surface area contributed by atoms with Crippen LogP contribution in [0.5, 0.6) is 0 Å². The average Bonchev–Trinajstić information content (AvgIpc) is 3.09. The fourth-order valence-corrected chi connectivity index (χ4v) is 10.3. The molecule has 0 heterocycles. The van der Waals surface area contributed by atoms with E-state index in [1.807, 2.05) is 0 Å². The van der Waals surface area contributed by atoms with Crippen LogP contribution in [0.1, 0.15) is 85.0 Å². The smallest absolute Gasteiger partial charge is 0.305 e. The molecule has 0 aromatic heterocycles. The molecule has 9 atom stereocenters. The molecule has 4 aliphatic rings. The lowest BCUT2D eigenvalue weighted by Crippen LogP contribution is -2.57. The lowest BCUT2D eigenvalue weighted by atomic mass is 9.44. The minimum absolute atomic E-state index is 0.0969. The summed E-state index contributed by atoms with van der Waals surface area (Å²) in [6.45, 7) is 14.2. The second-order valence-corrected chi connectivity index (χ2v) is 18.0. The highest BCUT2D eigenvalue weighted by molar-refractivity contribution is 6.69. The van der Waals surface area contributed by atoms with Crippen molar-refractivity contribution < 1.29 is 18.8 Å². The van der Waals surface area contributed by atoms with E-state index in [0.717, 1.165) is 19.3 Å². The van der Waals surface area contributed by atoms with Crippen LogP contribution in [0.25, 0.3) is 0 Å². The predicted octanol–water partition coefficient (Wildman–Crippen LogP) is 6.63. The molecule has 4 saturated carbocycles. The van der Waals surface area contributed by atoms with Crippen LogP contribution < -0.4 is 0 Å². The monoisotopic (exact) mass is 476 g/mol. The van der Waals surface area contributed by atoms with Gasteiger partial charge in [0.15, 0.2) is 8.32 Å². The Morgan fingerprint density at radius 1 is 1.06 bits per heavy atom. The second-order valence-electron chi connectivity index (χ2n) is 13.6. The Labute approximate surface area is 203 Å². The van der Waals surface area contributed by atoms with Gasteiger partial charge in [0.1, 0.15) is 5.78 Å². The maximum Gasteiger partial charge on any atom is 0.305 e. The second kappa shape index (κ2) is 9.08. The Bertz CT molecular complexity index is 759. The highest BCUT2D eigenvalue weighted by atomic mass is 28.4. The third-order valence-electron chi connectivity index (χ3n) is 10.7. The Kier molecular flexibility index (Phi) is 6.99. The summed E-state index contributed by atoms with van der Waals surface area (Å²) in [7, 11) is -0.0731. The lowest BCUT2D eigenvalue weighted by Gasteiger charge is -2.60. The van der Waals surface area contributed by atoms with Crippen LogP contribution in [0.15, 0.2) is 0 Å². The van der Waals surface area contributed by atoms with Gasteiger partial charge < -0.3 is 9.16 Å². The maximum atomic E-state index is 13.7. The van der Waals surface area contributed by atoms with Crippen LogP contribution in [-0.2, 0) is 18.8 Å². The van der Waals surface area contributed by atoms with Crippen molar-refractivity contribution >= 4 is 20.1 Å². The summed E-state index contributed by atoms with van der Waals surface area (Å²) in [6, 6.07) is 0. The summed E-state index contributed by atoms with van der Waals surface area (Å²) in [5, 5.41) is 0. The van der Waals surface area contributed by atoms with Gasteiger partial charge in [-0.1, -0.05) is 20.8 Å². The van der Waals surface area contributed by atoms with E-state index in [-0.39, 0.29) is 17.3 Å². The molecule has 9 unspecified atom stereocenters. The molecule has 188 valence electrons. The first-order chi connectivity index (χ1) is 15.4. The van der Waals surface area contributed by atoms with Crippen molar-refractivity contribution in [2.24, 2.45) is 46.3 Å². The van der Waals surface area contributed by atoms with Crippen LogP contribution in [0, 0.1) is 46.3 Å². The molecule has 4 nitrogen and oxygen atoms in total. The van der Waals surface area contributed by atoms with Gasteiger partial charge in [-0.25, -0.2) is 0 Å². The molecule has 0 bridgehead atoms. The molecule has 0 aromatic rings. The fourth-order valence-electron chi connectivity index (χ4n) is 9.12. The maximum absolute atomic E-state index is 13.7. The molecule has 0 spiro atoms. The summed E-state index contributed by atoms with van der Waals surface area (Å²) in [5.74, 6) is 3.44. The third kappa shape index (κ3) is 4.62. The molecule has 4 fully saturated rings. The van der Waals surface area contributed by atoms with E-state index < -0.39 is 8.32 Å². The van der Waals surface area contributed by atoms with Gasteiger partial charge in [-0.2, -0.15) is 0 Å². The number of fused-ring (bicyclic) bond motifs is 5. The van der Waals surface area contributed by atoms with Gasteiger partial charge in [0, 0.05) is 24.9 Å². The summed E-state index contributed by atoms with van der Waals surface area (Å²) in [5.41, 5.74) is 0.543. The number of esters is 1. The molecule has 0 aromatic carbocycles. The van der Waals surface area contributed by atoms with Crippen LogP contribution in [0.4, 0.5) is 0 Å². The van der Waals surface area contributed by atoms with Gasteiger partial charge in [0.2, 0.25) is 0 Å². The van der Waals surface area contributed by atoms with Crippen LogP contribution in [-0.4, -0.2) is 33.3 Å². The number of hydrogen-bond donors (Lipinski definition) is 0. The van der Waals surface area contributed by atoms with Gasteiger partial charge in [0.05, 0.1) is 7.11 Å². The summed E-state index contributed by atoms with van der Waals surface area (Å²) in [6.07, 6.45) is 10.9. The topological polar surface area (TPSA) is 52.6 Å². The standard InChI is InChI=1S/C28H48O4Si/c1-18(8-11-25(30)31-4)21-9-10-22-26-23(13-15-28(21,22)3)27(2)14-12-20(32-33(5,6)7)16-19(27)17-24(26)29/h18-23,26H,8-17H2,1-7H3. The van der Waals surface area contributed by atoms with E-state index in [1.165, 1.54) is 45.6 Å². The number of methoxy groups -OCH3 is 1. The van der Waals surface area contributed by atoms with Crippen molar-refractivity contribution in [1.82, 2.24) is 0 Å². The van der Waals surface area contributed by atoms with Crippen molar-refractivity contribution in [2.75, 3.05) is 7.11 Å². The molecular weight excluding hydrogens is 428 g/mol. The van der Waals surface area contributed by atoms with Crippen molar-refractivity contribution in [2.45, 2.75) is 111 Å². The summed E-state index contributed by atoms with van der Waals surface area (Å²) >= 11 is 0. The van der Waals surface area contributed by atoms with E-state index in [2.05, 4.69) is 40.4 Å². The Balaban J connectivity index is 1.49. The number of ketones is 1. The van der Waals surface area contributed by atoms with Crippen LogP contribution >= 0.6 is 0 Å². The largest absolute Gasteiger partial charge is 0.469 e. The van der Waals surface area contributed by atoms with Gasteiger partial charge >= 0.3 is 5.97 Å². The number of hydrogen-bond acceptors (Lipinski definition) is 4. The van der Waals surface area contributed by atoms with Gasteiger partial charge in [-0.3, -0.25) is 9.59 Å². The lowest BCUT2D eigenvalue weighted by molar-refractivity contribution is -0.160. The molecule has 0 aliphatic heterocycles. The molecule has 0 amide bonds. The molecule has 4 aliphatic carbocycles. The average molecular weight is 477 g/mol. The zero-order chi connectivity index (χ0) is 24.2. The van der Waals surface area contributed by atoms with E-state index in [0.29, 0.717) is 53.3 Å².